The number of halogens is 1. The van der Waals surface area contributed by atoms with Crippen LogP contribution >= 0.6 is 11.6 Å². The summed E-state index contributed by atoms with van der Waals surface area (Å²) in [5.41, 5.74) is 8.49. The molecule has 78 valence electrons. The van der Waals surface area contributed by atoms with Crippen LogP contribution in [0.4, 0.5) is 0 Å². The third kappa shape index (κ3) is 2.73. The molecule has 1 nitrogen and oxygen atoms in total. The van der Waals surface area contributed by atoms with Gasteiger partial charge in [0.15, 0.2) is 0 Å². The minimum Gasteiger partial charge on any atom is -0.324 e. The largest absolute Gasteiger partial charge is 0.324 e. The van der Waals surface area contributed by atoms with Crippen molar-refractivity contribution in [1.29, 1.82) is 0 Å². The fourth-order valence-corrected chi connectivity index (χ4v) is 1.74. The number of hydrogen-bond donors (Lipinski definition) is 1. The molecule has 0 aromatic heterocycles. The van der Waals surface area contributed by atoms with Crippen LogP contribution in [-0.2, 0) is 0 Å². The molecule has 1 aromatic carbocycles. The molecule has 0 saturated carbocycles. The lowest BCUT2D eigenvalue weighted by Crippen LogP contribution is -2.26. The van der Waals surface area contributed by atoms with Gasteiger partial charge in [0.1, 0.15) is 0 Å². The van der Waals surface area contributed by atoms with E-state index >= 15 is 0 Å². The topological polar surface area (TPSA) is 26.0 Å². The molecule has 0 amide bonds. The monoisotopic (exact) mass is 211 g/mol. The van der Waals surface area contributed by atoms with Gasteiger partial charge in [-0.05, 0) is 35.6 Å². The lowest BCUT2D eigenvalue weighted by molar-refractivity contribution is 0.327. The maximum atomic E-state index is 6.15. The lowest BCUT2D eigenvalue weighted by Gasteiger charge is -2.27. The number of benzene rings is 1. The summed E-state index contributed by atoms with van der Waals surface area (Å²) < 4.78 is 0. The highest BCUT2D eigenvalue weighted by atomic mass is 35.5. The quantitative estimate of drug-likeness (QED) is 0.754. The molecule has 0 spiro atoms. The third-order valence-electron chi connectivity index (χ3n) is 2.36. The van der Waals surface area contributed by atoms with Crippen LogP contribution in [0.1, 0.15) is 37.9 Å². The van der Waals surface area contributed by atoms with Crippen LogP contribution in [0.15, 0.2) is 18.2 Å². The SMILES string of the molecule is Cc1cc(Cl)cc([C@@H](N)C(C)(C)C)c1. The molecule has 0 radical (unpaired) electrons. The number of nitrogens with two attached hydrogens (primary N) is 1. The van der Waals surface area contributed by atoms with Crippen LogP contribution in [0, 0.1) is 12.3 Å². The van der Waals surface area contributed by atoms with E-state index < -0.39 is 0 Å². The van der Waals surface area contributed by atoms with Crippen molar-refractivity contribution in [2.75, 3.05) is 0 Å². The van der Waals surface area contributed by atoms with E-state index in [9.17, 15) is 0 Å². The minimum atomic E-state index is 0.0277. The first-order valence-corrected chi connectivity index (χ1v) is 5.21. The standard InChI is InChI=1S/C12H18ClN/c1-8-5-9(7-10(13)6-8)11(14)12(2,3)4/h5-7,11H,14H2,1-4H3/t11-/m1/s1. The molecule has 0 bridgehead atoms. The van der Waals surface area contributed by atoms with Crippen LogP contribution in [0.3, 0.4) is 0 Å². The van der Waals surface area contributed by atoms with Crippen molar-refractivity contribution in [2.45, 2.75) is 33.7 Å². The molecule has 14 heavy (non-hydrogen) atoms. The molecule has 0 saturated heterocycles. The van der Waals surface area contributed by atoms with Gasteiger partial charge >= 0.3 is 0 Å². The van der Waals surface area contributed by atoms with Gasteiger partial charge in [-0.1, -0.05) is 38.4 Å². The van der Waals surface area contributed by atoms with Gasteiger partial charge in [-0.25, -0.2) is 0 Å². The van der Waals surface area contributed by atoms with Gasteiger partial charge < -0.3 is 5.73 Å². The molecule has 0 unspecified atom stereocenters. The molecule has 1 atom stereocenters. The van der Waals surface area contributed by atoms with E-state index in [1.54, 1.807) is 0 Å². The summed E-state index contributed by atoms with van der Waals surface area (Å²) in [5, 5.41) is 0.764. The summed E-state index contributed by atoms with van der Waals surface area (Å²) in [6.45, 7) is 8.43. The van der Waals surface area contributed by atoms with Gasteiger partial charge in [0.2, 0.25) is 0 Å². The zero-order valence-electron chi connectivity index (χ0n) is 9.26. The predicted molar refractivity (Wildman–Crippen MR) is 62.6 cm³/mol. The Labute approximate surface area is 91.3 Å². The summed E-state index contributed by atoms with van der Waals surface area (Å²) in [6.07, 6.45) is 0. The second kappa shape index (κ2) is 3.92. The predicted octanol–water partition coefficient (Wildman–Crippen LogP) is 3.69. The Kier molecular flexibility index (Phi) is 3.23. The molecule has 0 aliphatic heterocycles. The van der Waals surface area contributed by atoms with Crippen molar-refractivity contribution in [3.63, 3.8) is 0 Å². The zero-order chi connectivity index (χ0) is 10.9. The zero-order valence-corrected chi connectivity index (χ0v) is 10.0. The highest BCUT2D eigenvalue weighted by Crippen LogP contribution is 2.32. The fraction of sp³-hybridized carbons (Fsp3) is 0.500. The van der Waals surface area contributed by atoms with Crippen molar-refractivity contribution >= 4 is 11.6 Å². The van der Waals surface area contributed by atoms with E-state index in [1.165, 1.54) is 0 Å². The highest BCUT2D eigenvalue weighted by molar-refractivity contribution is 6.30. The summed E-state index contributed by atoms with van der Waals surface area (Å²) >= 11 is 5.99. The van der Waals surface area contributed by atoms with Gasteiger partial charge in [0.05, 0.1) is 0 Å². The summed E-state index contributed by atoms with van der Waals surface area (Å²) in [5.74, 6) is 0. The minimum absolute atomic E-state index is 0.0277. The number of hydrogen-bond acceptors (Lipinski definition) is 1. The highest BCUT2D eigenvalue weighted by Gasteiger charge is 2.22. The normalized spacial score (nSPS) is 14.1. The first-order valence-electron chi connectivity index (χ1n) is 4.83. The van der Waals surface area contributed by atoms with Crippen LogP contribution in [0.5, 0.6) is 0 Å². The summed E-state index contributed by atoms with van der Waals surface area (Å²) in [7, 11) is 0. The molecule has 0 aliphatic carbocycles. The van der Waals surface area contributed by atoms with Crippen LogP contribution < -0.4 is 5.73 Å². The Bertz CT molecular complexity index is 305. The van der Waals surface area contributed by atoms with Gasteiger partial charge in [0.25, 0.3) is 0 Å². The molecule has 1 aromatic rings. The van der Waals surface area contributed by atoms with Gasteiger partial charge in [0, 0.05) is 11.1 Å². The van der Waals surface area contributed by atoms with Crippen LogP contribution in [-0.4, -0.2) is 0 Å². The molecule has 0 heterocycles. The van der Waals surface area contributed by atoms with E-state index in [1.807, 2.05) is 19.1 Å². The van der Waals surface area contributed by atoms with Gasteiger partial charge in [-0.2, -0.15) is 0 Å². The Morgan fingerprint density at radius 3 is 2.21 bits per heavy atom. The smallest absolute Gasteiger partial charge is 0.0411 e. The maximum absolute atomic E-state index is 6.15. The third-order valence-corrected chi connectivity index (χ3v) is 2.57. The van der Waals surface area contributed by atoms with Crippen LogP contribution in [0.2, 0.25) is 5.02 Å². The van der Waals surface area contributed by atoms with E-state index in [0.29, 0.717) is 0 Å². The Morgan fingerprint density at radius 1 is 1.21 bits per heavy atom. The average molecular weight is 212 g/mol. The van der Waals surface area contributed by atoms with Crippen molar-refractivity contribution in [3.8, 4) is 0 Å². The molecular formula is C12H18ClN. The maximum Gasteiger partial charge on any atom is 0.0411 e. The Hall–Kier alpha value is -0.530. The van der Waals surface area contributed by atoms with E-state index in [0.717, 1.165) is 16.1 Å². The first-order chi connectivity index (χ1) is 6.30. The molecule has 0 fully saturated rings. The van der Waals surface area contributed by atoms with Gasteiger partial charge in [-0.15, -0.1) is 0 Å². The van der Waals surface area contributed by atoms with Crippen LogP contribution in [0.25, 0.3) is 0 Å². The Balaban J connectivity index is 3.07. The summed E-state index contributed by atoms with van der Waals surface area (Å²) in [6, 6.07) is 6.02. The molecule has 1 rings (SSSR count). The van der Waals surface area contributed by atoms with Crippen molar-refractivity contribution in [2.24, 2.45) is 11.1 Å². The molecule has 2 N–H and O–H groups in total. The number of rotatable bonds is 1. The van der Waals surface area contributed by atoms with E-state index in [2.05, 4.69) is 26.8 Å². The first kappa shape index (κ1) is 11.5. The Morgan fingerprint density at radius 2 is 1.79 bits per heavy atom. The summed E-state index contributed by atoms with van der Waals surface area (Å²) in [4.78, 5) is 0. The average Bonchev–Trinajstić information content (AvgIpc) is 1.99. The van der Waals surface area contributed by atoms with Crippen molar-refractivity contribution < 1.29 is 0 Å². The molecule has 0 aliphatic rings. The second-order valence-corrected chi connectivity index (χ2v) is 5.34. The van der Waals surface area contributed by atoms with Gasteiger partial charge in [-0.3, -0.25) is 0 Å². The molecule has 2 heteroatoms. The number of aryl methyl sites for hydroxylation is 1. The van der Waals surface area contributed by atoms with E-state index in [-0.39, 0.29) is 11.5 Å². The van der Waals surface area contributed by atoms with Crippen molar-refractivity contribution in [3.05, 3.63) is 34.3 Å². The van der Waals surface area contributed by atoms with E-state index in [4.69, 9.17) is 17.3 Å². The lowest BCUT2D eigenvalue weighted by atomic mass is 9.83. The fourth-order valence-electron chi connectivity index (χ4n) is 1.44. The molecular weight excluding hydrogens is 194 g/mol. The van der Waals surface area contributed by atoms with Crippen molar-refractivity contribution in [1.82, 2.24) is 0 Å². The second-order valence-electron chi connectivity index (χ2n) is 4.91.